The van der Waals surface area contributed by atoms with Crippen molar-refractivity contribution in [2.75, 3.05) is 0 Å². The molecule has 0 radical (unpaired) electrons. The number of fused-ring (bicyclic) bond motifs is 3. The summed E-state index contributed by atoms with van der Waals surface area (Å²) >= 11 is 0. The first-order valence-electron chi connectivity index (χ1n) is 6.30. The largest absolute Gasteiger partial charge is 0.439 e. The van der Waals surface area contributed by atoms with E-state index in [1.54, 1.807) is 6.20 Å². The fourth-order valence-corrected chi connectivity index (χ4v) is 3.63. The second-order valence-corrected chi connectivity index (χ2v) is 5.31. The molecule has 2 aromatic heterocycles. The van der Waals surface area contributed by atoms with E-state index in [2.05, 4.69) is 9.97 Å². The molecule has 88 valence electrons. The number of hydrogen-bond donors (Lipinski definition) is 1. The molecular weight excluding hydrogens is 214 g/mol. The maximum atomic E-state index is 6.30. The van der Waals surface area contributed by atoms with Crippen LogP contribution in [0.4, 0.5) is 0 Å². The normalized spacial score (nSPS) is 35.8. The number of rotatable bonds is 1. The lowest BCUT2D eigenvalue weighted by molar-refractivity contribution is 0.317. The number of pyridine rings is 1. The maximum Gasteiger partial charge on any atom is 0.202 e. The Balaban J connectivity index is 1.79. The smallest absolute Gasteiger partial charge is 0.202 e. The van der Waals surface area contributed by atoms with Gasteiger partial charge in [0.1, 0.15) is 0 Å². The van der Waals surface area contributed by atoms with Gasteiger partial charge in [-0.15, -0.1) is 0 Å². The van der Waals surface area contributed by atoms with Gasteiger partial charge in [-0.3, -0.25) is 0 Å². The summed E-state index contributed by atoms with van der Waals surface area (Å²) in [5, 5.41) is 0. The number of nitrogens with two attached hydrogens (primary N) is 1. The molecule has 2 bridgehead atoms. The predicted octanol–water partition coefficient (Wildman–Crippen LogP) is 2.06. The number of oxazole rings is 1. The van der Waals surface area contributed by atoms with Crippen molar-refractivity contribution in [3.8, 4) is 0 Å². The Kier molecular flexibility index (Phi) is 1.86. The van der Waals surface area contributed by atoms with Crippen LogP contribution < -0.4 is 5.73 Å². The Bertz CT molecular complexity index is 530. The van der Waals surface area contributed by atoms with Gasteiger partial charge in [-0.25, -0.2) is 4.98 Å². The van der Waals surface area contributed by atoms with Gasteiger partial charge in [-0.2, -0.15) is 4.98 Å². The molecule has 4 heteroatoms. The van der Waals surface area contributed by atoms with E-state index in [0.717, 1.165) is 11.5 Å². The number of aromatic nitrogens is 2. The predicted molar refractivity (Wildman–Crippen MR) is 63.4 cm³/mol. The van der Waals surface area contributed by atoms with Crippen molar-refractivity contribution in [2.24, 2.45) is 17.6 Å². The molecule has 0 aliphatic heterocycles. The zero-order valence-electron chi connectivity index (χ0n) is 9.54. The Morgan fingerprint density at radius 3 is 2.94 bits per heavy atom. The van der Waals surface area contributed by atoms with Crippen LogP contribution in [0.5, 0.6) is 0 Å². The first-order chi connectivity index (χ1) is 8.33. The summed E-state index contributed by atoms with van der Waals surface area (Å²) in [6.07, 6.45) is 5.54. The van der Waals surface area contributed by atoms with Crippen LogP contribution in [-0.2, 0) is 0 Å². The van der Waals surface area contributed by atoms with Gasteiger partial charge in [0, 0.05) is 12.2 Å². The Morgan fingerprint density at radius 1 is 1.29 bits per heavy atom. The summed E-state index contributed by atoms with van der Waals surface area (Å²) in [5.41, 5.74) is 7.78. The van der Waals surface area contributed by atoms with Crippen LogP contribution in [-0.4, -0.2) is 16.0 Å². The second kappa shape index (κ2) is 3.29. The summed E-state index contributed by atoms with van der Waals surface area (Å²) in [7, 11) is 0. The third-order valence-electron chi connectivity index (χ3n) is 4.45. The zero-order chi connectivity index (χ0) is 11.4. The van der Waals surface area contributed by atoms with Crippen molar-refractivity contribution in [3.05, 3.63) is 24.2 Å². The highest BCUT2D eigenvalue weighted by atomic mass is 16.3. The van der Waals surface area contributed by atoms with Gasteiger partial charge in [-0.05, 0) is 43.2 Å². The molecule has 2 aromatic rings. The van der Waals surface area contributed by atoms with E-state index in [-0.39, 0.29) is 6.04 Å². The van der Waals surface area contributed by atoms with Gasteiger partial charge < -0.3 is 10.2 Å². The standard InChI is InChI=1S/C13H15N3O/c14-11-8-4-3-7(6-8)10(11)13-16-12-9(17-13)2-1-5-15-12/h1-2,5,7-8,10-11H,3-4,6,14H2. The summed E-state index contributed by atoms with van der Waals surface area (Å²) < 4.78 is 5.82. The fourth-order valence-electron chi connectivity index (χ4n) is 3.63. The van der Waals surface area contributed by atoms with E-state index in [1.807, 2.05) is 12.1 Å². The minimum atomic E-state index is 0.224. The summed E-state index contributed by atoms with van der Waals surface area (Å²) in [4.78, 5) is 8.72. The van der Waals surface area contributed by atoms with Crippen LogP contribution in [0.2, 0.25) is 0 Å². The van der Waals surface area contributed by atoms with Crippen molar-refractivity contribution >= 4 is 11.2 Å². The molecular formula is C13H15N3O. The van der Waals surface area contributed by atoms with Crippen LogP contribution in [0.25, 0.3) is 11.2 Å². The van der Waals surface area contributed by atoms with E-state index in [1.165, 1.54) is 19.3 Å². The fraction of sp³-hybridized carbons (Fsp3) is 0.538. The Hall–Kier alpha value is -1.42. The first-order valence-corrected chi connectivity index (χ1v) is 6.30. The van der Waals surface area contributed by atoms with E-state index < -0.39 is 0 Å². The average Bonchev–Trinajstić information content (AvgIpc) is 3.00. The molecule has 2 aliphatic rings. The third-order valence-corrected chi connectivity index (χ3v) is 4.45. The van der Waals surface area contributed by atoms with Crippen LogP contribution in [0, 0.1) is 11.8 Å². The van der Waals surface area contributed by atoms with Gasteiger partial charge >= 0.3 is 0 Å². The van der Waals surface area contributed by atoms with Gasteiger partial charge in [0.25, 0.3) is 0 Å². The SMILES string of the molecule is NC1C2CCC(C2)C1c1nc2ncccc2o1. The third kappa shape index (κ3) is 1.27. The highest BCUT2D eigenvalue weighted by Crippen LogP contribution is 2.52. The minimum absolute atomic E-state index is 0.224. The van der Waals surface area contributed by atoms with Crippen molar-refractivity contribution in [1.29, 1.82) is 0 Å². The van der Waals surface area contributed by atoms with E-state index >= 15 is 0 Å². The molecule has 2 aliphatic carbocycles. The Morgan fingerprint density at radius 2 is 2.18 bits per heavy atom. The molecule has 2 heterocycles. The molecule has 0 saturated heterocycles. The van der Waals surface area contributed by atoms with E-state index in [4.69, 9.17) is 10.2 Å². The molecule has 0 spiro atoms. The molecule has 4 unspecified atom stereocenters. The Labute approximate surface area is 99.2 Å². The van der Waals surface area contributed by atoms with Crippen LogP contribution >= 0.6 is 0 Å². The molecule has 4 atom stereocenters. The number of nitrogens with zero attached hydrogens (tertiary/aromatic N) is 2. The highest BCUT2D eigenvalue weighted by molar-refractivity contribution is 5.67. The van der Waals surface area contributed by atoms with Crippen molar-refractivity contribution < 1.29 is 4.42 Å². The lowest BCUT2D eigenvalue weighted by atomic mass is 9.85. The zero-order valence-corrected chi connectivity index (χ0v) is 9.54. The van der Waals surface area contributed by atoms with Gasteiger partial charge in [0.05, 0.1) is 5.92 Å². The summed E-state index contributed by atoms with van der Waals surface area (Å²) in [6, 6.07) is 4.01. The van der Waals surface area contributed by atoms with Crippen LogP contribution in [0.3, 0.4) is 0 Å². The summed E-state index contributed by atoms with van der Waals surface area (Å²) in [6.45, 7) is 0. The molecule has 2 saturated carbocycles. The van der Waals surface area contributed by atoms with Crippen LogP contribution in [0.1, 0.15) is 31.1 Å². The minimum Gasteiger partial charge on any atom is -0.439 e. The second-order valence-electron chi connectivity index (χ2n) is 5.31. The molecule has 17 heavy (non-hydrogen) atoms. The quantitative estimate of drug-likeness (QED) is 0.813. The lowest BCUT2D eigenvalue weighted by Crippen LogP contribution is -2.34. The lowest BCUT2D eigenvalue weighted by Gasteiger charge is -2.25. The highest BCUT2D eigenvalue weighted by Gasteiger charge is 2.48. The maximum absolute atomic E-state index is 6.30. The van der Waals surface area contributed by atoms with Crippen molar-refractivity contribution in [2.45, 2.75) is 31.2 Å². The molecule has 0 amide bonds. The van der Waals surface area contributed by atoms with Gasteiger partial charge in [0.2, 0.25) is 5.89 Å². The molecule has 4 rings (SSSR count). The summed E-state index contributed by atoms with van der Waals surface area (Å²) in [5.74, 6) is 2.46. The monoisotopic (exact) mass is 229 g/mol. The van der Waals surface area contributed by atoms with E-state index in [9.17, 15) is 0 Å². The molecule has 2 fully saturated rings. The van der Waals surface area contributed by atoms with Crippen molar-refractivity contribution in [1.82, 2.24) is 9.97 Å². The average molecular weight is 229 g/mol. The molecule has 0 aromatic carbocycles. The van der Waals surface area contributed by atoms with E-state index in [0.29, 0.717) is 23.4 Å². The number of hydrogen-bond acceptors (Lipinski definition) is 4. The van der Waals surface area contributed by atoms with Crippen molar-refractivity contribution in [3.63, 3.8) is 0 Å². The van der Waals surface area contributed by atoms with Gasteiger partial charge in [0.15, 0.2) is 11.2 Å². The topological polar surface area (TPSA) is 64.9 Å². The molecule has 4 nitrogen and oxygen atoms in total. The molecule has 2 N–H and O–H groups in total. The van der Waals surface area contributed by atoms with Gasteiger partial charge in [-0.1, -0.05) is 0 Å². The van der Waals surface area contributed by atoms with Crippen LogP contribution in [0.15, 0.2) is 22.7 Å². The first kappa shape index (κ1) is 9.59.